The van der Waals surface area contributed by atoms with Crippen LogP contribution in [0.1, 0.15) is 31.7 Å². The fourth-order valence-corrected chi connectivity index (χ4v) is 3.94. The molecule has 0 amide bonds. The molecular formula is C18H26N2O. The van der Waals surface area contributed by atoms with Gasteiger partial charge in [0.05, 0.1) is 0 Å². The van der Waals surface area contributed by atoms with Gasteiger partial charge in [-0.25, -0.2) is 0 Å². The Morgan fingerprint density at radius 2 is 2.14 bits per heavy atom. The van der Waals surface area contributed by atoms with Crippen molar-refractivity contribution in [2.75, 3.05) is 19.6 Å². The molecule has 1 saturated heterocycles. The molecule has 1 saturated carbocycles. The molecule has 0 bridgehead atoms. The van der Waals surface area contributed by atoms with Gasteiger partial charge >= 0.3 is 0 Å². The van der Waals surface area contributed by atoms with Crippen molar-refractivity contribution in [3.8, 4) is 5.75 Å². The van der Waals surface area contributed by atoms with Crippen LogP contribution in [0, 0.1) is 5.92 Å². The zero-order chi connectivity index (χ0) is 14.2. The quantitative estimate of drug-likeness (QED) is 0.920. The van der Waals surface area contributed by atoms with Crippen LogP contribution in [0.15, 0.2) is 24.3 Å². The van der Waals surface area contributed by atoms with E-state index in [0.717, 1.165) is 37.2 Å². The number of nitrogens with zero attached hydrogens (tertiary/aromatic N) is 1. The van der Waals surface area contributed by atoms with Crippen molar-refractivity contribution in [2.45, 2.75) is 50.8 Å². The molecule has 21 heavy (non-hydrogen) atoms. The van der Waals surface area contributed by atoms with Crippen molar-refractivity contribution in [2.24, 2.45) is 5.92 Å². The summed E-state index contributed by atoms with van der Waals surface area (Å²) in [6.45, 7) is 5.75. The third kappa shape index (κ3) is 2.82. The maximum Gasteiger partial charge on any atom is 0.123 e. The molecule has 1 N–H and O–H groups in total. The van der Waals surface area contributed by atoms with E-state index < -0.39 is 0 Å². The molecule has 1 aromatic rings. The van der Waals surface area contributed by atoms with Crippen LogP contribution in [-0.2, 0) is 6.42 Å². The van der Waals surface area contributed by atoms with E-state index in [4.69, 9.17) is 4.74 Å². The highest BCUT2D eigenvalue weighted by atomic mass is 16.5. The summed E-state index contributed by atoms with van der Waals surface area (Å²) >= 11 is 0. The largest absolute Gasteiger partial charge is 0.488 e. The average Bonchev–Trinajstić information content (AvgIpc) is 3.27. The third-order valence-corrected chi connectivity index (χ3v) is 5.38. The van der Waals surface area contributed by atoms with Crippen molar-refractivity contribution in [1.29, 1.82) is 0 Å². The van der Waals surface area contributed by atoms with E-state index in [2.05, 4.69) is 41.4 Å². The Morgan fingerprint density at radius 3 is 2.90 bits per heavy atom. The van der Waals surface area contributed by atoms with Crippen LogP contribution < -0.4 is 10.1 Å². The minimum atomic E-state index is 0.342. The standard InChI is InChI=1S/C18H26N2O/c1-2-15-10-19-17(13-7-8-13)12-20(15)11-16-9-14-5-3-4-6-18(14)21-16/h3-6,13,15-17,19H,2,7-12H2,1H3. The molecule has 1 aromatic carbocycles. The Labute approximate surface area is 127 Å². The number of fused-ring (bicyclic) bond motifs is 1. The van der Waals surface area contributed by atoms with Crippen molar-refractivity contribution in [1.82, 2.24) is 10.2 Å². The molecule has 2 fully saturated rings. The van der Waals surface area contributed by atoms with E-state index in [1.807, 2.05) is 0 Å². The lowest BCUT2D eigenvalue weighted by Gasteiger charge is -2.41. The van der Waals surface area contributed by atoms with E-state index >= 15 is 0 Å². The first-order chi connectivity index (χ1) is 10.3. The summed E-state index contributed by atoms with van der Waals surface area (Å²) in [5.41, 5.74) is 1.38. The van der Waals surface area contributed by atoms with Crippen molar-refractivity contribution in [3.63, 3.8) is 0 Å². The fourth-order valence-electron chi connectivity index (χ4n) is 3.94. The molecule has 3 heteroatoms. The van der Waals surface area contributed by atoms with Gasteiger partial charge in [0.25, 0.3) is 0 Å². The van der Waals surface area contributed by atoms with Gasteiger partial charge in [-0.15, -0.1) is 0 Å². The highest BCUT2D eigenvalue weighted by Crippen LogP contribution is 2.35. The molecule has 4 rings (SSSR count). The highest BCUT2D eigenvalue weighted by molar-refractivity contribution is 5.37. The maximum atomic E-state index is 6.15. The summed E-state index contributed by atoms with van der Waals surface area (Å²) in [6.07, 6.45) is 5.49. The van der Waals surface area contributed by atoms with Gasteiger partial charge < -0.3 is 10.1 Å². The van der Waals surface area contributed by atoms with Gasteiger partial charge in [-0.05, 0) is 36.8 Å². The van der Waals surface area contributed by atoms with Crippen LogP contribution in [0.3, 0.4) is 0 Å². The molecule has 3 aliphatic rings. The third-order valence-electron chi connectivity index (χ3n) is 5.38. The molecule has 0 radical (unpaired) electrons. The topological polar surface area (TPSA) is 24.5 Å². The Morgan fingerprint density at radius 1 is 1.29 bits per heavy atom. The number of para-hydroxylation sites is 1. The number of nitrogens with one attached hydrogen (secondary N) is 1. The summed E-state index contributed by atoms with van der Waals surface area (Å²) in [5.74, 6) is 2.04. The van der Waals surface area contributed by atoms with Crippen LogP contribution in [0.4, 0.5) is 0 Å². The lowest BCUT2D eigenvalue weighted by molar-refractivity contribution is 0.0739. The van der Waals surface area contributed by atoms with Crippen molar-refractivity contribution in [3.05, 3.63) is 29.8 Å². The smallest absolute Gasteiger partial charge is 0.123 e. The number of hydrogen-bond donors (Lipinski definition) is 1. The summed E-state index contributed by atoms with van der Waals surface area (Å²) in [6, 6.07) is 9.90. The van der Waals surface area contributed by atoms with E-state index in [9.17, 15) is 0 Å². The lowest BCUT2D eigenvalue weighted by atomic mass is 10.0. The second-order valence-corrected chi connectivity index (χ2v) is 6.92. The van der Waals surface area contributed by atoms with Gasteiger partial charge in [-0.2, -0.15) is 0 Å². The zero-order valence-corrected chi connectivity index (χ0v) is 12.9. The van der Waals surface area contributed by atoms with Gasteiger partial charge in [-0.3, -0.25) is 4.90 Å². The van der Waals surface area contributed by atoms with Crippen LogP contribution in [0.2, 0.25) is 0 Å². The van der Waals surface area contributed by atoms with Crippen LogP contribution in [-0.4, -0.2) is 42.7 Å². The van der Waals surface area contributed by atoms with Gasteiger partial charge in [0.15, 0.2) is 0 Å². The summed E-state index contributed by atoms with van der Waals surface area (Å²) in [7, 11) is 0. The van der Waals surface area contributed by atoms with Crippen LogP contribution >= 0.6 is 0 Å². The molecular weight excluding hydrogens is 260 g/mol. The maximum absolute atomic E-state index is 6.15. The predicted molar refractivity (Wildman–Crippen MR) is 84.7 cm³/mol. The average molecular weight is 286 g/mol. The molecule has 114 valence electrons. The second-order valence-electron chi connectivity index (χ2n) is 6.92. The van der Waals surface area contributed by atoms with Gasteiger partial charge in [-0.1, -0.05) is 25.1 Å². The molecule has 3 unspecified atom stereocenters. The highest BCUT2D eigenvalue weighted by Gasteiger charge is 2.38. The Balaban J connectivity index is 1.40. The normalized spacial score (nSPS) is 32.7. The first kappa shape index (κ1) is 13.6. The van der Waals surface area contributed by atoms with Gasteiger partial charge in [0.1, 0.15) is 11.9 Å². The summed E-state index contributed by atoms with van der Waals surface area (Å²) < 4.78 is 6.15. The van der Waals surface area contributed by atoms with Crippen molar-refractivity contribution >= 4 is 0 Å². The molecule has 2 heterocycles. The minimum Gasteiger partial charge on any atom is -0.488 e. The van der Waals surface area contributed by atoms with E-state index in [-0.39, 0.29) is 0 Å². The van der Waals surface area contributed by atoms with E-state index in [0.29, 0.717) is 12.1 Å². The summed E-state index contributed by atoms with van der Waals surface area (Å²) in [4.78, 5) is 2.69. The SMILES string of the molecule is CCC1CNC(C2CC2)CN1CC1Cc2ccccc2O1. The molecule has 1 aliphatic carbocycles. The minimum absolute atomic E-state index is 0.342. The van der Waals surface area contributed by atoms with Gasteiger partial charge in [0, 0.05) is 38.1 Å². The lowest BCUT2D eigenvalue weighted by Crippen LogP contribution is -2.58. The monoisotopic (exact) mass is 286 g/mol. The van der Waals surface area contributed by atoms with E-state index in [1.54, 1.807) is 0 Å². The number of piperazine rings is 1. The molecule has 3 atom stereocenters. The second kappa shape index (κ2) is 5.62. The van der Waals surface area contributed by atoms with Gasteiger partial charge in [0.2, 0.25) is 0 Å². The Bertz CT molecular complexity index is 475. The fraction of sp³-hybridized carbons (Fsp3) is 0.667. The number of rotatable bonds is 4. The van der Waals surface area contributed by atoms with E-state index in [1.165, 1.54) is 31.4 Å². The molecule has 2 aliphatic heterocycles. The number of benzene rings is 1. The predicted octanol–water partition coefficient (Wildman–Crippen LogP) is 2.45. The molecule has 0 aromatic heterocycles. The van der Waals surface area contributed by atoms with Crippen LogP contribution in [0.25, 0.3) is 0 Å². The first-order valence-electron chi connectivity index (χ1n) is 8.55. The zero-order valence-electron chi connectivity index (χ0n) is 12.9. The Kier molecular flexibility index (Phi) is 3.64. The number of ether oxygens (including phenoxy) is 1. The van der Waals surface area contributed by atoms with Crippen molar-refractivity contribution < 1.29 is 4.74 Å². The number of hydrogen-bond acceptors (Lipinski definition) is 3. The summed E-state index contributed by atoms with van der Waals surface area (Å²) in [5, 5.41) is 3.77. The molecule has 0 spiro atoms. The molecule has 3 nitrogen and oxygen atoms in total. The van der Waals surface area contributed by atoms with Crippen LogP contribution in [0.5, 0.6) is 5.75 Å². The Hall–Kier alpha value is -1.06. The first-order valence-corrected chi connectivity index (χ1v) is 8.55.